The highest BCUT2D eigenvalue weighted by Crippen LogP contribution is 2.32. The van der Waals surface area contributed by atoms with Gasteiger partial charge >= 0.3 is 0 Å². The van der Waals surface area contributed by atoms with Crippen molar-refractivity contribution in [1.82, 2.24) is 4.98 Å². The molecule has 2 aromatic carbocycles. The fraction of sp³-hybridized carbons (Fsp3) is 0.240. The van der Waals surface area contributed by atoms with Crippen molar-refractivity contribution >= 4 is 17.4 Å². The van der Waals surface area contributed by atoms with Crippen molar-refractivity contribution in [3.8, 4) is 11.6 Å². The molecule has 2 heterocycles. The molecule has 162 valence electrons. The first-order chi connectivity index (χ1) is 15.6. The summed E-state index contributed by atoms with van der Waals surface area (Å²) in [6, 6.07) is 16.1. The van der Waals surface area contributed by atoms with Crippen LogP contribution in [-0.2, 0) is 17.8 Å². The van der Waals surface area contributed by atoms with Crippen LogP contribution in [0, 0.1) is 5.82 Å². The monoisotopic (exact) mass is 432 g/mol. The standard InChI is InChI=1S/C25H21FN2O4/c26-21-13-17(12-20-19(21)7-8-22(20)29)28-11-10-23(25(28)30)32-18-6-9-24(27-14-18)31-15-16-4-2-1-3-5-16/h1-6,9,12-14,23H,7-8,10-11,15H2/t23-/m1/s1. The summed E-state index contributed by atoms with van der Waals surface area (Å²) in [6.07, 6.45) is 2.01. The van der Waals surface area contributed by atoms with E-state index in [1.807, 2.05) is 30.3 Å². The SMILES string of the molecule is O=C1CCc2c(F)cc(N3CC[C@@H](Oc4ccc(OCc5ccccc5)nc4)C3=O)cc21. The number of pyridine rings is 1. The van der Waals surface area contributed by atoms with E-state index in [4.69, 9.17) is 9.47 Å². The molecule has 2 aliphatic rings. The predicted molar refractivity (Wildman–Crippen MR) is 115 cm³/mol. The van der Waals surface area contributed by atoms with Crippen LogP contribution in [0.5, 0.6) is 11.6 Å². The summed E-state index contributed by atoms with van der Waals surface area (Å²) in [7, 11) is 0. The third kappa shape index (κ3) is 3.93. The van der Waals surface area contributed by atoms with E-state index >= 15 is 0 Å². The number of aromatic nitrogens is 1. The first-order valence-electron chi connectivity index (χ1n) is 10.5. The first kappa shape index (κ1) is 20.2. The molecule has 3 aromatic rings. The second kappa shape index (κ2) is 8.42. The van der Waals surface area contributed by atoms with Gasteiger partial charge in [0, 0.05) is 36.7 Å². The minimum atomic E-state index is -0.695. The van der Waals surface area contributed by atoms with Gasteiger partial charge in [0.2, 0.25) is 5.88 Å². The molecule has 6 nitrogen and oxygen atoms in total. The number of anilines is 1. The van der Waals surface area contributed by atoms with Gasteiger partial charge in [0.15, 0.2) is 11.9 Å². The van der Waals surface area contributed by atoms with Crippen molar-refractivity contribution in [3.05, 3.63) is 83.3 Å². The summed E-state index contributed by atoms with van der Waals surface area (Å²) >= 11 is 0. The van der Waals surface area contributed by atoms with Gasteiger partial charge in [-0.25, -0.2) is 9.37 Å². The highest BCUT2D eigenvalue weighted by atomic mass is 19.1. The number of Topliss-reactive ketones (excluding diaryl/α,β-unsaturated/α-hetero) is 1. The molecule has 0 bridgehead atoms. The summed E-state index contributed by atoms with van der Waals surface area (Å²) in [5.41, 5.74) is 2.26. The second-order valence-electron chi connectivity index (χ2n) is 7.87. The van der Waals surface area contributed by atoms with E-state index in [0.29, 0.717) is 60.9 Å². The van der Waals surface area contributed by atoms with E-state index in [1.54, 1.807) is 18.2 Å². The summed E-state index contributed by atoms with van der Waals surface area (Å²) in [5, 5.41) is 0. The molecule has 0 unspecified atom stereocenters. The zero-order valence-electron chi connectivity index (χ0n) is 17.3. The number of fused-ring (bicyclic) bond motifs is 1. The number of ketones is 1. The number of ether oxygens (including phenoxy) is 2. The Morgan fingerprint density at radius 3 is 2.69 bits per heavy atom. The van der Waals surface area contributed by atoms with Crippen molar-refractivity contribution < 1.29 is 23.5 Å². The van der Waals surface area contributed by atoms with Gasteiger partial charge in [-0.2, -0.15) is 0 Å². The molecule has 1 amide bonds. The minimum Gasteiger partial charge on any atom is -0.479 e. The van der Waals surface area contributed by atoms with Gasteiger partial charge in [0.1, 0.15) is 18.2 Å². The van der Waals surface area contributed by atoms with Crippen LogP contribution < -0.4 is 14.4 Å². The lowest BCUT2D eigenvalue weighted by molar-refractivity contribution is -0.122. The van der Waals surface area contributed by atoms with Crippen LogP contribution in [0.2, 0.25) is 0 Å². The van der Waals surface area contributed by atoms with Crippen LogP contribution in [0.25, 0.3) is 0 Å². The zero-order chi connectivity index (χ0) is 22.1. The second-order valence-corrected chi connectivity index (χ2v) is 7.87. The number of hydrogen-bond acceptors (Lipinski definition) is 5. The van der Waals surface area contributed by atoms with Gasteiger partial charge in [0.05, 0.1) is 6.20 Å². The molecule has 1 aromatic heterocycles. The Hall–Kier alpha value is -3.74. The van der Waals surface area contributed by atoms with Gasteiger partial charge in [-0.3, -0.25) is 9.59 Å². The molecule has 0 saturated carbocycles. The molecule has 7 heteroatoms. The van der Waals surface area contributed by atoms with Crippen LogP contribution in [0.4, 0.5) is 10.1 Å². The number of nitrogens with zero attached hydrogens (tertiary/aromatic N) is 2. The highest BCUT2D eigenvalue weighted by molar-refractivity contribution is 6.04. The van der Waals surface area contributed by atoms with Crippen LogP contribution in [0.1, 0.15) is 34.3 Å². The fourth-order valence-corrected chi connectivity index (χ4v) is 4.09. The number of amides is 1. The average molecular weight is 432 g/mol. The average Bonchev–Trinajstić information content (AvgIpc) is 3.37. The largest absolute Gasteiger partial charge is 0.479 e. The topological polar surface area (TPSA) is 68.7 Å². The van der Waals surface area contributed by atoms with E-state index in [2.05, 4.69) is 4.98 Å². The van der Waals surface area contributed by atoms with Crippen molar-refractivity contribution in [3.63, 3.8) is 0 Å². The molecule has 32 heavy (non-hydrogen) atoms. The number of halogens is 1. The Labute approximate surface area is 184 Å². The predicted octanol–water partition coefficient (Wildman–Crippen LogP) is 4.11. The maximum atomic E-state index is 14.4. The number of benzene rings is 2. The lowest BCUT2D eigenvalue weighted by Gasteiger charge is -2.18. The van der Waals surface area contributed by atoms with E-state index in [1.165, 1.54) is 17.2 Å². The smallest absolute Gasteiger partial charge is 0.268 e. The molecule has 0 radical (unpaired) electrons. The Morgan fingerprint density at radius 2 is 1.91 bits per heavy atom. The molecular formula is C25H21FN2O4. The maximum absolute atomic E-state index is 14.4. The summed E-state index contributed by atoms with van der Waals surface area (Å²) in [5.74, 6) is 0.127. The highest BCUT2D eigenvalue weighted by Gasteiger charge is 2.36. The lowest BCUT2D eigenvalue weighted by atomic mass is 10.1. The van der Waals surface area contributed by atoms with Crippen LogP contribution in [0.15, 0.2) is 60.8 Å². The van der Waals surface area contributed by atoms with Crippen LogP contribution in [-0.4, -0.2) is 29.3 Å². The van der Waals surface area contributed by atoms with Crippen LogP contribution in [0.3, 0.4) is 0 Å². The number of hydrogen-bond donors (Lipinski definition) is 0. The summed E-state index contributed by atoms with van der Waals surface area (Å²) in [6.45, 7) is 0.797. The van der Waals surface area contributed by atoms with Crippen LogP contribution >= 0.6 is 0 Å². The third-order valence-electron chi connectivity index (χ3n) is 5.77. The van der Waals surface area contributed by atoms with Crippen molar-refractivity contribution in [2.45, 2.75) is 32.0 Å². The number of rotatable bonds is 6. The Kier molecular flexibility index (Phi) is 5.31. The zero-order valence-corrected chi connectivity index (χ0v) is 17.3. The fourth-order valence-electron chi connectivity index (χ4n) is 4.09. The minimum absolute atomic E-state index is 0.0826. The van der Waals surface area contributed by atoms with Crippen molar-refractivity contribution in [2.75, 3.05) is 11.4 Å². The van der Waals surface area contributed by atoms with E-state index < -0.39 is 11.9 Å². The van der Waals surface area contributed by atoms with Crippen molar-refractivity contribution in [2.24, 2.45) is 0 Å². The molecule has 1 atom stereocenters. The van der Waals surface area contributed by atoms with E-state index in [-0.39, 0.29) is 11.7 Å². The summed E-state index contributed by atoms with van der Waals surface area (Å²) in [4.78, 5) is 30.6. The van der Waals surface area contributed by atoms with Gasteiger partial charge in [-0.15, -0.1) is 0 Å². The van der Waals surface area contributed by atoms with Gasteiger partial charge < -0.3 is 14.4 Å². The molecule has 1 aliphatic heterocycles. The normalized spacial score (nSPS) is 17.5. The molecule has 1 fully saturated rings. The quantitative estimate of drug-likeness (QED) is 0.586. The number of carbonyl (C=O) groups is 2. The molecule has 1 aliphatic carbocycles. The number of carbonyl (C=O) groups excluding carboxylic acids is 2. The van der Waals surface area contributed by atoms with Gasteiger partial charge in [-0.05, 0) is 35.7 Å². The summed E-state index contributed by atoms with van der Waals surface area (Å²) < 4.78 is 25.9. The molecular weight excluding hydrogens is 411 g/mol. The Bertz CT molecular complexity index is 1160. The molecule has 0 N–H and O–H groups in total. The Balaban J connectivity index is 1.23. The van der Waals surface area contributed by atoms with Crippen molar-refractivity contribution in [1.29, 1.82) is 0 Å². The lowest BCUT2D eigenvalue weighted by Crippen LogP contribution is -2.32. The van der Waals surface area contributed by atoms with E-state index in [9.17, 15) is 14.0 Å². The molecule has 5 rings (SSSR count). The van der Waals surface area contributed by atoms with Gasteiger partial charge in [-0.1, -0.05) is 30.3 Å². The first-order valence-corrected chi connectivity index (χ1v) is 10.5. The maximum Gasteiger partial charge on any atom is 0.268 e. The molecule has 0 spiro atoms. The Morgan fingerprint density at radius 1 is 1.06 bits per heavy atom. The van der Waals surface area contributed by atoms with Gasteiger partial charge in [0.25, 0.3) is 5.91 Å². The van der Waals surface area contributed by atoms with E-state index in [0.717, 1.165) is 5.56 Å². The molecule has 1 saturated heterocycles. The third-order valence-corrected chi connectivity index (χ3v) is 5.77.